The second-order valence-electron chi connectivity index (χ2n) is 4.93. The third-order valence-electron chi connectivity index (χ3n) is 3.41. The number of imide groups is 1. The van der Waals surface area contributed by atoms with Crippen molar-refractivity contribution in [1.29, 1.82) is 0 Å². The SMILES string of the molecule is O=C1CC(Sc2ccccc2)C(=O)N1Cc1ccccc1. The summed E-state index contributed by atoms with van der Waals surface area (Å²) in [6.45, 7) is 0.365. The quantitative estimate of drug-likeness (QED) is 0.814. The summed E-state index contributed by atoms with van der Waals surface area (Å²) in [6, 6.07) is 19.3. The zero-order valence-corrected chi connectivity index (χ0v) is 12.3. The van der Waals surface area contributed by atoms with Gasteiger partial charge in [-0.15, -0.1) is 11.8 Å². The molecule has 0 N–H and O–H groups in total. The molecule has 1 fully saturated rings. The lowest BCUT2D eigenvalue weighted by molar-refractivity contribution is -0.138. The number of amides is 2. The maximum atomic E-state index is 12.4. The molecular formula is C17H15NO2S. The van der Waals surface area contributed by atoms with E-state index in [-0.39, 0.29) is 23.5 Å². The van der Waals surface area contributed by atoms with Gasteiger partial charge in [0.1, 0.15) is 0 Å². The van der Waals surface area contributed by atoms with Gasteiger partial charge < -0.3 is 0 Å². The van der Waals surface area contributed by atoms with Gasteiger partial charge in [0.05, 0.1) is 11.8 Å². The van der Waals surface area contributed by atoms with Crippen molar-refractivity contribution in [2.24, 2.45) is 0 Å². The minimum absolute atomic E-state index is 0.0855. The maximum absolute atomic E-state index is 12.4. The van der Waals surface area contributed by atoms with E-state index in [1.807, 2.05) is 60.7 Å². The Morgan fingerprint density at radius 2 is 1.57 bits per heavy atom. The van der Waals surface area contributed by atoms with Crippen LogP contribution in [-0.4, -0.2) is 22.0 Å². The summed E-state index contributed by atoms with van der Waals surface area (Å²) < 4.78 is 0. The molecule has 2 amide bonds. The summed E-state index contributed by atoms with van der Waals surface area (Å²) in [5.41, 5.74) is 0.976. The van der Waals surface area contributed by atoms with E-state index >= 15 is 0 Å². The van der Waals surface area contributed by atoms with Gasteiger partial charge in [-0.25, -0.2) is 0 Å². The number of carbonyl (C=O) groups is 2. The molecule has 4 heteroatoms. The van der Waals surface area contributed by atoms with Crippen molar-refractivity contribution in [3.8, 4) is 0 Å². The fourth-order valence-electron chi connectivity index (χ4n) is 2.34. The standard InChI is InChI=1S/C17H15NO2S/c19-16-11-15(21-14-9-5-2-6-10-14)17(20)18(16)12-13-7-3-1-4-8-13/h1-10,15H,11-12H2. The Labute approximate surface area is 128 Å². The first-order valence-corrected chi connectivity index (χ1v) is 7.72. The Bertz CT molecular complexity index is 642. The fourth-order valence-corrected chi connectivity index (χ4v) is 3.44. The highest BCUT2D eigenvalue weighted by molar-refractivity contribution is 8.00. The monoisotopic (exact) mass is 297 g/mol. The van der Waals surface area contributed by atoms with Gasteiger partial charge in [0.15, 0.2) is 0 Å². The molecule has 0 aromatic heterocycles. The summed E-state index contributed by atoms with van der Waals surface area (Å²) in [5, 5.41) is -0.302. The number of thioether (sulfide) groups is 1. The van der Waals surface area contributed by atoms with Crippen LogP contribution < -0.4 is 0 Å². The Morgan fingerprint density at radius 3 is 2.24 bits per heavy atom. The first kappa shape index (κ1) is 13.9. The van der Waals surface area contributed by atoms with E-state index in [2.05, 4.69) is 0 Å². The molecule has 0 spiro atoms. The molecule has 3 nitrogen and oxygen atoms in total. The predicted molar refractivity (Wildman–Crippen MR) is 82.7 cm³/mol. The topological polar surface area (TPSA) is 37.4 Å². The molecule has 2 aromatic rings. The first-order valence-electron chi connectivity index (χ1n) is 6.84. The van der Waals surface area contributed by atoms with E-state index in [1.165, 1.54) is 16.7 Å². The molecule has 1 aliphatic rings. The van der Waals surface area contributed by atoms with E-state index in [1.54, 1.807) is 0 Å². The van der Waals surface area contributed by atoms with Gasteiger partial charge in [-0.05, 0) is 17.7 Å². The molecule has 0 saturated carbocycles. The van der Waals surface area contributed by atoms with Crippen LogP contribution in [0.25, 0.3) is 0 Å². The number of hydrogen-bond acceptors (Lipinski definition) is 3. The van der Waals surface area contributed by atoms with Crippen LogP contribution in [0.5, 0.6) is 0 Å². The summed E-state index contributed by atoms with van der Waals surface area (Å²) in [7, 11) is 0. The second kappa shape index (κ2) is 6.14. The van der Waals surface area contributed by atoms with Gasteiger partial charge in [0.25, 0.3) is 0 Å². The zero-order chi connectivity index (χ0) is 14.7. The molecule has 0 radical (unpaired) electrons. The molecule has 3 rings (SSSR count). The van der Waals surface area contributed by atoms with Crippen LogP contribution in [0.15, 0.2) is 65.6 Å². The Morgan fingerprint density at radius 1 is 0.952 bits per heavy atom. The average Bonchev–Trinajstić information content (AvgIpc) is 2.77. The average molecular weight is 297 g/mol. The van der Waals surface area contributed by atoms with E-state index in [9.17, 15) is 9.59 Å². The predicted octanol–water partition coefficient (Wildman–Crippen LogP) is 3.11. The summed E-state index contributed by atoms with van der Waals surface area (Å²) >= 11 is 1.47. The zero-order valence-electron chi connectivity index (χ0n) is 11.4. The Hall–Kier alpha value is -2.07. The van der Waals surface area contributed by atoms with Crippen LogP contribution in [0, 0.1) is 0 Å². The molecule has 106 valence electrons. The molecule has 1 heterocycles. The minimum atomic E-state index is -0.302. The van der Waals surface area contributed by atoms with Crippen LogP contribution in [0.4, 0.5) is 0 Å². The van der Waals surface area contributed by atoms with Crippen LogP contribution in [-0.2, 0) is 16.1 Å². The highest BCUT2D eigenvalue weighted by atomic mass is 32.2. The molecule has 2 aromatic carbocycles. The van der Waals surface area contributed by atoms with Gasteiger partial charge in [-0.3, -0.25) is 14.5 Å². The van der Waals surface area contributed by atoms with Gasteiger partial charge in [-0.1, -0.05) is 48.5 Å². The summed E-state index contributed by atoms with van der Waals surface area (Å²) in [5.74, 6) is -0.171. The van der Waals surface area contributed by atoms with Crippen molar-refractivity contribution in [1.82, 2.24) is 4.90 Å². The van der Waals surface area contributed by atoms with Gasteiger partial charge >= 0.3 is 0 Å². The minimum Gasteiger partial charge on any atom is -0.277 e. The molecule has 0 aliphatic carbocycles. The molecule has 1 aliphatic heterocycles. The van der Waals surface area contributed by atoms with Crippen molar-refractivity contribution < 1.29 is 9.59 Å². The lowest BCUT2D eigenvalue weighted by Gasteiger charge is -2.14. The number of likely N-dealkylation sites (tertiary alicyclic amines) is 1. The van der Waals surface area contributed by atoms with E-state index in [0.717, 1.165) is 10.5 Å². The van der Waals surface area contributed by atoms with Crippen molar-refractivity contribution >= 4 is 23.6 Å². The molecular weight excluding hydrogens is 282 g/mol. The van der Waals surface area contributed by atoms with Crippen molar-refractivity contribution in [2.75, 3.05) is 0 Å². The third kappa shape index (κ3) is 3.16. The number of nitrogens with zero attached hydrogens (tertiary/aromatic N) is 1. The lowest BCUT2D eigenvalue weighted by atomic mass is 10.2. The number of benzene rings is 2. The van der Waals surface area contributed by atoms with Crippen molar-refractivity contribution in [3.05, 3.63) is 66.2 Å². The maximum Gasteiger partial charge on any atom is 0.243 e. The van der Waals surface area contributed by atoms with Crippen molar-refractivity contribution in [3.63, 3.8) is 0 Å². The van der Waals surface area contributed by atoms with E-state index in [0.29, 0.717) is 6.54 Å². The summed E-state index contributed by atoms with van der Waals surface area (Å²) in [6.07, 6.45) is 0.283. The van der Waals surface area contributed by atoms with Crippen molar-refractivity contribution in [2.45, 2.75) is 23.1 Å². The third-order valence-corrected chi connectivity index (χ3v) is 4.60. The molecule has 1 atom stereocenters. The highest BCUT2D eigenvalue weighted by Gasteiger charge is 2.38. The largest absolute Gasteiger partial charge is 0.277 e. The van der Waals surface area contributed by atoms with Gasteiger partial charge in [-0.2, -0.15) is 0 Å². The molecule has 1 saturated heterocycles. The van der Waals surface area contributed by atoms with Crippen LogP contribution in [0.1, 0.15) is 12.0 Å². The lowest BCUT2D eigenvalue weighted by Crippen LogP contribution is -2.30. The van der Waals surface area contributed by atoms with E-state index in [4.69, 9.17) is 0 Å². The normalized spacial score (nSPS) is 18.3. The van der Waals surface area contributed by atoms with Crippen LogP contribution >= 0.6 is 11.8 Å². The smallest absolute Gasteiger partial charge is 0.243 e. The van der Waals surface area contributed by atoms with Gasteiger partial charge in [0, 0.05) is 11.3 Å². The Balaban J connectivity index is 1.70. The highest BCUT2D eigenvalue weighted by Crippen LogP contribution is 2.31. The number of carbonyl (C=O) groups excluding carboxylic acids is 2. The molecule has 21 heavy (non-hydrogen) atoms. The van der Waals surface area contributed by atoms with E-state index < -0.39 is 0 Å². The molecule has 0 bridgehead atoms. The number of hydrogen-bond donors (Lipinski definition) is 0. The fraction of sp³-hybridized carbons (Fsp3) is 0.176. The van der Waals surface area contributed by atoms with Crippen LogP contribution in [0.2, 0.25) is 0 Å². The molecule has 1 unspecified atom stereocenters. The second-order valence-corrected chi connectivity index (χ2v) is 6.20. The van der Waals surface area contributed by atoms with Gasteiger partial charge in [0.2, 0.25) is 11.8 Å². The number of rotatable bonds is 4. The van der Waals surface area contributed by atoms with Crippen LogP contribution in [0.3, 0.4) is 0 Å². The summed E-state index contributed by atoms with van der Waals surface area (Å²) in [4.78, 5) is 26.9. The Kier molecular flexibility index (Phi) is 4.06. The first-order chi connectivity index (χ1) is 10.2.